The van der Waals surface area contributed by atoms with Gasteiger partial charge in [-0.15, -0.1) is 0 Å². The molecule has 0 atom stereocenters. The highest BCUT2D eigenvalue weighted by molar-refractivity contribution is 6.01. The predicted molar refractivity (Wildman–Crippen MR) is 107 cm³/mol. The molecule has 0 saturated carbocycles. The third kappa shape index (κ3) is 3.47. The number of likely N-dealkylation sites (tertiary alicyclic amines) is 1. The Morgan fingerprint density at radius 3 is 2.71 bits per heavy atom. The van der Waals surface area contributed by atoms with Crippen molar-refractivity contribution in [2.45, 2.75) is 18.8 Å². The molecule has 0 bridgehead atoms. The standard InChI is InChI=1S/C21H19F2N5O3/c22-21(23)7-2-8-26(13-21)19(29)15-12-25-28-16(3-1-4-17(15)28)14-5-6-18(24-11-14)27-9-10-31-20(27)30/h1,3-6,11-12H,2,7-10,13H2. The molecule has 160 valence electrons. The molecule has 2 saturated heterocycles. The van der Waals surface area contributed by atoms with E-state index in [0.717, 1.165) is 5.56 Å². The molecule has 0 unspecified atom stereocenters. The van der Waals surface area contributed by atoms with Crippen LogP contribution in [0.1, 0.15) is 23.2 Å². The first-order valence-electron chi connectivity index (χ1n) is 9.97. The van der Waals surface area contributed by atoms with Crippen molar-refractivity contribution in [2.75, 3.05) is 31.1 Å². The predicted octanol–water partition coefficient (Wildman–Crippen LogP) is 3.22. The molecule has 0 radical (unpaired) electrons. The topological polar surface area (TPSA) is 80.0 Å². The number of carbonyl (C=O) groups is 2. The Hall–Kier alpha value is -3.56. The first-order valence-corrected chi connectivity index (χ1v) is 9.97. The summed E-state index contributed by atoms with van der Waals surface area (Å²) in [5.41, 5.74) is 2.23. The largest absolute Gasteiger partial charge is 0.447 e. The van der Waals surface area contributed by atoms with Gasteiger partial charge < -0.3 is 9.64 Å². The minimum absolute atomic E-state index is 0.201. The summed E-state index contributed by atoms with van der Waals surface area (Å²) in [5.74, 6) is -2.83. The van der Waals surface area contributed by atoms with Crippen LogP contribution in [0.15, 0.2) is 42.7 Å². The van der Waals surface area contributed by atoms with Gasteiger partial charge in [-0.3, -0.25) is 9.69 Å². The van der Waals surface area contributed by atoms with Gasteiger partial charge >= 0.3 is 6.09 Å². The Bertz CT molecular complexity index is 1160. The van der Waals surface area contributed by atoms with Crippen LogP contribution in [0.3, 0.4) is 0 Å². The molecule has 2 amide bonds. The van der Waals surface area contributed by atoms with Crippen molar-refractivity contribution in [1.82, 2.24) is 19.5 Å². The molecule has 0 aliphatic carbocycles. The zero-order valence-electron chi connectivity index (χ0n) is 16.5. The van der Waals surface area contributed by atoms with Crippen LogP contribution in [0, 0.1) is 0 Å². The molecule has 5 rings (SSSR count). The number of amides is 2. The van der Waals surface area contributed by atoms with Crippen LogP contribution >= 0.6 is 0 Å². The van der Waals surface area contributed by atoms with Crippen LogP contribution in [-0.4, -0.2) is 63.7 Å². The number of hydrogen-bond acceptors (Lipinski definition) is 5. The quantitative estimate of drug-likeness (QED) is 0.641. The van der Waals surface area contributed by atoms with Gasteiger partial charge in [-0.1, -0.05) is 6.07 Å². The molecule has 0 aromatic carbocycles. The average Bonchev–Trinajstić information content (AvgIpc) is 3.39. The normalized spacial score (nSPS) is 18.5. The molecule has 2 aliphatic rings. The molecule has 0 N–H and O–H groups in total. The van der Waals surface area contributed by atoms with Crippen molar-refractivity contribution in [2.24, 2.45) is 0 Å². The number of rotatable bonds is 3. The highest BCUT2D eigenvalue weighted by Crippen LogP contribution is 2.29. The summed E-state index contributed by atoms with van der Waals surface area (Å²) in [7, 11) is 0. The molecule has 5 heterocycles. The second-order valence-electron chi connectivity index (χ2n) is 7.62. The lowest BCUT2D eigenvalue weighted by Gasteiger charge is -2.32. The molecule has 2 fully saturated rings. The van der Waals surface area contributed by atoms with Crippen LogP contribution in [0.5, 0.6) is 0 Å². The number of hydrogen-bond donors (Lipinski definition) is 0. The number of cyclic esters (lactones) is 1. The zero-order chi connectivity index (χ0) is 21.6. The van der Waals surface area contributed by atoms with E-state index in [9.17, 15) is 18.4 Å². The summed E-state index contributed by atoms with van der Waals surface area (Å²) >= 11 is 0. The Kier molecular flexibility index (Phi) is 4.57. The van der Waals surface area contributed by atoms with E-state index in [2.05, 4.69) is 10.1 Å². The van der Waals surface area contributed by atoms with Crippen molar-refractivity contribution in [3.63, 3.8) is 0 Å². The van der Waals surface area contributed by atoms with Gasteiger partial charge in [0.2, 0.25) is 0 Å². The minimum atomic E-state index is -2.86. The van der Waals surface area contributed by atoms with Crippen LogP contribution in [0.4, 0.5) is 19.4 Å². The number of alkyl halides is 2. The van der Waals surface area contributed by atoms with E-state index in [1.54, 1.807) is 35.0 Å². The molecule has 3 aromatic heterocycles. The first-order chi connectivity index (χ1) is 14.9. The Morgan fingerprint density at radius 2 is 2.00 bits per heavy atom. The molecule has 2 aliphatic heterocycles. The number of ether oxygens (including phenoxy) is 1. The van der Waals surface area contributed by atoms with Crippen molar-refractivity contribution in [3.05, 3.63) is 48.3 Å². The van der Waals surface area contributed by atoms with Crippen LogP contribution in [0.2, 0.25) is 0 Å². The van der Waals surface area contributed by atoms with Crippen LogP contribution in [-0.2, 0) is 4.74 Å². The molecule has 3 aromatic rings. The summed E-state index contributed by atoms with van der Waals surface area (Å²) in [4.78, 5) is 31.6. The average molecular weight is 427 g/mol. The number of pyridine rings is 2. The fraction of sp³-hybridized carbons (Fsp3) is 0.333. The van der Waals surface area contributed by atoms with Crippen molar-refractivity contribution >= 4 is 23.3 Å². The number of fused-ring (bicyclic) bond motifs is 1. The fourth-order valence-electron chi connectivity index (χ4n) is 4.00. The van der Waals surface area contributed by atoms with E-state index in [4.69, 9.17) is 4.74 Å². The lowest BCUT2D eigenvalue weighted by Crippen LogP contribution is -2.45. The summed E-state index contributed by atoms with van der Waals surface area (Å²) in [5, 5.41) is 4.33. The molecule has 31 heavy (non-hydrogen) atoms. The maximum absolute atomic E-state index is 13.8. The molecule has 8 nitrogen and oxygen atoms in total. The number of halogens is 2. The van der Waals surface area contributed by atoms with E-state index in [0.29, 0.717) is 36.7 Å². The highest BCUT2D eigenvalue weighted by atomic mass is 19.3. The lowest BCUT2D eigenvalue weighted by molar-refractivity contribution is -0.0560. The number of carbonyl (C=O) groups excluding carboxylic acids is 2. The Labute approximate surface area is 176 Å². The zero-order valence-corrected chi connectivity index (χ0v) is 16.5. The minimum Gasteiger partial charge on any atom is -0.447 e. The third-order valence-corrected chi connectivity index (χ3v) is 5.53. The Morgan fingerprint density at radius 1 is 1.13 bits per heavy atom. The lowest BCUT2D eigenvalue weighted by atomic mass is 10.1. The van der Waals surface area contributed by atoms with E-state index in [-0.39, 0.29) is 18.4 Å². The summed E-state index contributed by atoms with van der Waals surface area (Å²) in [6.07, 6.45) is 2.67. The second-order valence-corrected chi connectivity index (χ2v) is 7.62. The molecular formula is C21H19F2N5O3. The van der Waals surface area contributed by atoms with Crippen molar-refractivity contribution in [3.8, 4) is 11.3 Å². The van der Waals surface area contributed by atoms with Gasteiger partial charge in [-0.2, -0.15) is 5.10 Å². The number of piperidine rings is 1. The SMILES string of the molecule is O=C(c1cnn2c(-c3ccc(N4CCOC4=O)nc3)cccc12)N1CCCC(F)(F)C1. The second kappa shape index (κ2) is 7.29. The van der Waals surface area contributed by atoms with Crippen LogP contribution < -0.4 is 4.90 Å². The maximum Gasteiger partial charge on any atom is 0.415 e. The molecule has 0 spiro atoms. The maximum atomic E-state index is 13.8. The monoisotopic (exact) mass is 427 g/mol. The van der Waals surface area contributed by atoms with E-state index in [1.165, 1.54) is 16.0 Å². The number of aromatic nitrogens is 3. The fourth-order valence-corrected chi connectivity index (χ4v) is 4.00. The van der Waals surface area contributed by atoms with Crippen molar-refractivity contribution in [1.29, 1.82) is 0 Å². The van der Waals surface area contributed by atoms with Gasteiger partial charge in [0.05, 0.1) is 36.1 Å². The third-order valence-electron chi connectivity index (χ3n) is 5.53. The van der Waals surface area contributed by atoms with Crippen LogP contribution in [0.25, 0.3) is 16.8 Å². The summed E-state index contributed by atoms with van der Waals surface area (Å²) in [6, 6.07) is 8.85. The van der Waals surface area contributed by atoms with Gasteiger partial charge in [0.25, 0.3) is 11.8 Å². The van der Waals surface area contributed by atoms with Gasteiger partial charge in [-0.05, 0) is 30.7 Å². The first kappa shape index (κ1) is 19.4. The van der Waals surface area contributed by atoms with E-state index in [1.807, 2.05) is 6.07 Å². The molecular weight excluding hydrogens is 408 g/mol. The van der Waals surface area contributed by atoms with Gasteiger partial charge in [0.15, 0.2) is 0 Å². The Balaban J connectivity index is 1.46. The van der Waals surface area contributed by atoms with Gasteiger partial charge in [0, 0.05) is 24.7 Å². The smallest absolute Gasteiger partial charge is 0.415 e. The summed E-state index contributed by atoms with van der Waals surface area (Å²) in [6.45, 7) is 0.499. The van der Waals surface area contributed by atoms with Crippen molar-refractivity contribution < 1.29 is 23.1 Å². The summed E-state index contributed by atoms with van der Waals surface area (Å²) < 4.78 is 34.1. The van der Waals surface area contributed by atoms with E-state index >= 15 is 0 Å². The molecule has 10 heteroatoms. The number of anilines is 1. The van der Waals surface area contributed by atoms with E-state index < -0.39 is 24.5 Å². The van der Waals surface area contributed by atoms with Gasteiger partial charge in [-0.25, -0.2) is 23.1 Å². The highest BCUT2D eigenvalue weighted by Gasteiger charge is 2.38. The number of nitrogens with zero attached hydrogens (tertiary/aromatic N) is 5. The van der Waals surface area contributed by atoms with Gasteiger partial charge in [0.1, 0.15) is 12.4 Å².